The van der Waals surface area contributed by atoms with Crippen molar-refractivity contribution in [3.05, 3.63) is 16.3 Å². The average Bonchev–Trinajstić information content (AvgIpc) is 2.89. The molecule has 0 aromatic carbocycles. The third-order valence-corrected chi connectivity index (χ3v) is 6.28. The lowest BCUT2D eigenvalue weighted by molar-refractivity contribution is 0.215. The van der Waals surface area contributed by atoms with E-state index in [9.17, 15) is 8.42 Å². The molecule has 1 fully saturated rings. The molecule has 0 aliphatic carbocycles. The molecule has 1 aliphatic heterocycles. The molecule has 120 valence electrons. The molecule has 1 saturated heterocycles. The fraction of sp³-hybridized carbons (Fsp3) is 0.714. The van der Waals surface area contributed by atoms with Gasteiger partial charge in [0.25, 0.3) is 0 Å². The van der Waals surface area contributed by atoms with E-state index in [0.717, 1.165) is 24.5 Å². The van der Waals surface area contributed by atoms with Crippen molar-refractivity contribution < 1.29 is 8.42 Å². The lowest BCUT2D eigenvalue weighted by Gasteiger charge is -2.29. The van der Waals surface area contributed by atoms with E-state index in [1.54, 1.807) is 11.4 Å². The van der Waals surface area contributed by atoms with Crippen molar-refractivity contribution in [2.75, 3.05) is 26.7 Å². The predicted octanol–water partition coefficient (Wildman–Crippen LogP) is 1.62. The Morgan fingerprint density at radius 3 is 2.71 bits per heavy atom. The van der Waals surface area contributed by atoms with Crippen LogP contribution in [0.3, 0.4) is 0 Å². The number of thiophene rings is 1. The highest BCUT2D eigenvalue weighted by molar-refractivity contribution is 7.89. The van der Waals surface area contributed by atoms with Gasteiger partial charge in [0, 0.05) is 29.4 Å². The van der Waals surface area contributed by atoms with Crippen LogP contribution in [-0.4, -0.2) is 46.0 Å². The van der Waals surface area contributed by atoms with E-state index in [1.165, 1.54) is 30.6 Å². The minimum absolute atomic E-state index is 0.0687. The largest absolute Gasteiger partial charge is 0.315 e. The summed E-state index contributed by atoms with van der Waals surface area (Å²) in [6.45, 7) is 5.58. The Morgan fingerprint density at radius 2 is 2.05 bits per heavy atom. The van der Waals surface area contributed by atoms with Gasteiger partial charge in [-0.1, -0.05) is 6.42 Å². The minimum Gasteiger partial charge on any atom is -0.315 e. The van der Waals surface area contributed by atoms with Gasteiger partial charge >= 0.3 is 0 Å². The number of piperidine rings is 1. The van der Waals surface area contributed by atoms with Crippen LogP contribution in [0.5, 0.6) is 0 Å². The standard InChI is InChI=1S/C14H25N3O2S2/c1-12(10-17-6-4-3-5-7-17)16-21(18,19)14-8-13(9-15-2)20-11-14/h8,11-12,15-16H,3-7,9-10H2,1-2H3. The van der Waals surface area contributed by atoms with Gasteiger partial charge in [0.15, 0.2) is 0 Å². The molecule has 0 bridgehead atoms. The molecule has 7 heteroatoms. The molecule has 1 aliphatic rings. The van der Waals surface area contributed by atoms with Crippen LogP contribution in [0.15, 0.2) is 16.3 Å². The second-order valence-corrected chi connectivity index (χ2v) is 8.37. The van der Waals surface area contributed by atoms with Crippen molar-refractivity contribution in [1.82, 2.24) is 14.9 Å². The Labute approximate surface area is 131 Å². The molecule has 2 N–H and O–H groups in total. The van der Waals surface area contributed by atoms with Gasteiger partial charge in [0.05, 0.1) is 4.90 Å². The maximum Gasteiger partial charge on any atom is 0.241 e. The van der Waals surface area contributed by atoms with Gasteiger partial charge in [-0.2, -0.15) is 0 Å². The van der Waals surface area contributed by atoms with Crippen molar-refractivity contribution in [3.63, 3.8) is 0 Å². The topological polar surface area (TPSA) is 61.4 Å². The normalized spacial score (nSPS) is 18.8. The summed E-state index contributed by atoms with van der Waals surface area (Å²) in [5.41, 5.74) is 0. The number of hydrogen-bond acceptors (Lipinski definition) is 5. The van der Waals surface area contributed by atoms with E-state index in [-0.39, 0.29) is 6.04 Å². The zero-order valence-electron chi connectivity index (χ0n) is 12.8. The third-order valence-electron chi connectivity index (χ3n) is 3.63. The molecule has 1 atom stereocenters. The quantitative estimate of drug-likeness (QED) is 0.797. The highest BCUT2D eigenvalue weighted by atomic mass is 32.2. The molecular weight excluding hydrogens is 306 g/mol. The first-order chi connectivity index (χ1) is 10.0. The summed E-state index contributed by atoms with van der Waals surface area (Å²) in [7, 11) is -1.55. The summed E-state index contributed by atoms with van der Waals surface area (Å²) in [5, 5.41) is 4.74. The van der Waals surface area contributed by atoms with Crippen LogP contribution in [0.1, 0.15) is 31.1 Å². The molecule has 0 amide bonds. The maximum absolute atomic E-state index is 12.4. The summed E-state index contributed by atoms with van der Waals surface area (Å²) in [5.74, 6) is 0. The molecule has 1 unspecified atom stereocenters. The fourth-order valence-electron chi connectivity index (χ4n) is 2.67. The van der Waals surface area contributed by atoms with Crippen molar-refractivity contribution in [2.45, 2.75) is 43.7 Å². The zero-order valence-corrected chi connectivity index (χ0v) is 14.4. The monoisotopic (exact) mass is 331 g/mol. The molecule has 1 aromatic heterocycles. The molecular formula is C14H25N3O2S2. The fourth-order valence-corrected chi connectivity index (χ4v) is 5.19. The van der Waals surface area contributed by atoms with Crippen LogP contribution in [0.25, 0.3) is 0 Å². The third kappa shape index (κ3) is 5.03. The van der Waals surface area contributed by atoms with E-state index in [0.29, 0.717) is 11.4 Å². The number of nitrogens with one attached hydrogen (secondary N) is 2. The summed E-state index contributed by atoms with van der Waals surface area (Å²) in [6.07, 6.45) is 3.73. The molecule has 5 nitrogen and oxygen atoms in total. The number of nitrogens with zero attached hydrogens (tertiary/aromatic N) is 1. The van der Waals surface area contributed by atoms with Gasteiger partial charge in [0.2, 0.25) is 10.0 Å². The van der Waals surface area contributed by atoms with Crippen molar-refractivity contribution >= 4 is 21.4 Å². The lowest BCUT2D eigenvalue weighted by atomic mass is 10.1. The number of likely N-dealkylation sites (tertiary alicyclic amines) is 1. The van der Waals surface area contributed by atoms with E-state index >= 15 is 0 Å². The van der Waals surface area contributed by atoms with Crippen molar-refractivity contribution in [3.8, 4) is 0 Å². The van der Waals surface area contributed by atoms with E-state index in [1.807, 2.05) is 14.0 Å². The van der Waals surface area contributed by atoms with Gasteiger partial charge in [-0.15, -0.1) is 11.3 Å². The van der Waals surface area contributed by atoms with Crippen molar-refractivity contribution in [1.29, 1.82) is 0 Å². The van der Waals surface area contributed by atoms with Gasteiger partial charge in [-0.3, -0.25) is 0 Å². The lowest BCUT2D eigenvalue weighted by Crippen LogP contribution is -2.43. The van der Waals surface area contributed by atoms with Gasteiger partial charge < -0.3 is 10.2 Å². The average molecular weight is 332 g/mol. The van der Waals surface area contributed by atoms with Crippen molar-refractivity contribution in [2.24, 2.45) is 0 Å². The Balaban J connectivity index is 1.92. The van der Waals surface area contributed by atoms with E-state index in [4.69, 9.17) is 0 Å². The molecule has 0 spiro atoms. The molecule has 2 rings (SSSR count). The molecule has 2 heterocycles. The van der Waals surface area contributed by atoms with Crippen LogP contribution < -0.4 is 10.0 Å². The van der Waals surface area contributed by atoms with Crippen LogP contribution in [0, 0.1) is 0 Å². The summed E-state index contributed by atoms with van der Waals surface area (Å²) >= 11 is 1.47. The Morgan fingerprint density at radius 1 is 1.33 bits per heavy atom. The van der Waals surface area contributed by atoms with Crippen LogP contribution in [0.4, 0.5) is 0 Å². The van der Waals surface area contributed by atoms with E-state index < -0.39 is 10.0 Å². The smallest absolute Gasteiger partial charge is 0.241 e. The zero-order chi connectivity index (χ0) is 15.3. The number of sulfonamides is 1. The predicted molar refractivity (Wildman–Crippen MR) is 87.2 cm³/mol. The number of rotatable bonds is 7. The van der Waals surface area contributed by atoms with Crippen LogP contribution in [-0.2, 0) is 16.6 Å². The summed E-state index contributed by atoms with van der Waals surface area (Å²) in [4.78, 5) is 3.75. The first-order valence-corrected chi connectivity index (χ1v) is 9.84. The molecule has 21 heavy (non-hydrogen) atoms. The second kappa shape index (κ2) is 7.69. The van der Waals surface area contributed by atoms with Crippen LogP contribution >= 0.6 is 11.3 Å². The van der Waals surface area contributed by atoms with Crippen LogP contribution in [0.2, 0.25) is 0 Å². The summed E-state index contributed by atoms with van der Waals surface area (Å²) in [6, 6.07) is 1.68. The molecule has 0 radical (unpaired) electrons. The van der Waals surface area contributed by atoms with Gasteiger partial charge in [-0.25, -0.2) is 13.1 Å². The minimum atomic E-state index is -3.40. The number of hydrogen-bond donors (Lipinski definition) is 2. The second-order valence-electron chi connectivity index (χ2n) is 5.66. The molecule has 1 aromatic rings. The molecule has 0 saturated carbocycles. The highest BCUT2D eigenvalue weighted by Crippen LogP contribution is 2.19. The summed E-state index contributed by atoms with van der Waals surface area (Å²) < 4.78 is 27.5. The van der Waals surface area contributed by atoms with Gasteiger partial charge in [0.1, 0.15) is 0 Å². The van der Waals surface area contributed by atoms with E-state index in [2.05, 4.69) is 14.9 Å². The highest BCUT2D eigenvalue weighted by Gasteiger charge is 2.21. The first kappa shape index (κ1) is 16.9. The Hall–Kier alpha value is -0.470. The maximum atomic E-state index is 12.4. The Bertz CT molecular complexity index is 536. The SMILES string of the molecule is CNCc1cc(S(=O)(=O)NC(C)CN2CCCCC2)cs1. The first-order valence-electron chi connectivity index (χ1n) is 7.48. The Kier molecular flexibility index (Phi) is 6.19. The van der Waals surface area contributed by atoms with Gasteiger partial charge in [-0.05, 0) is 46.0 Å².